The van der Waals surface area contributed by atoms with Gasteiger partial charge in [0.05, 0.1) is 0 Å². The minimum absolute atomic E-state index is 0.247. The highest BCUT2D eigenvalue weighted by atomic mass is 16.1. The molecule has 1 nitrogen and oxygen atoms in total. The molecule has 1 aromatic rings. The zero-order chi connectivity index (χ0) is 21.5. The summed E-state index contributed by atoms with van der Waals surface area (Å²) in [5, 5.41) is 0. The van der Waals surface area contributed by atoms with E-state index < -0.39 is 0 Å². The van der Waals surface area contributed by atoms with Crippen LogP contribution in [0.2, 0.25) is 0 Å². The first-order valence-electron chi connectivity index (χ1n) is 11.2. The topological polar surface area (TPSA) is 17.1 Å². The van der Waals surface area contributed by atoms with Gasteiger partial charge >= 0.3 is 0 Å². The van der Waals surface area contributed by atoms with Crippen LogP contribution in [0.15, 0.2) is 36.4 Å². The van der Waals surface area contributed by atoms with Crippen LogP contribution in [0.1, 0.15) is 105 Å². The number of benzene rings is 1. The lowest BCUT2D eigenvalue weighted by Gasteiger charge is -2.08. The van der Waals surface area contributed by atoms with Gasteiger partial charge in [0.1, 0.15) is 0 Å². The van der Waals surface area contributed by atoms with Gasteiger partial charge in [0, 0.05) is 6.42 Å². The zero-order valence-corrected chi connectivity index (χ0v) is 19.9. The molecule has 0 aromatic heterocycles. The van der Waals surface area contributed by atoms with E-state index in [0.717, 1.165) is 6.42 Å². The second-order valence-electron chi connectivity index (χ2n) is 6.57. The van der Waals surface area contributed by atoms with E-state index in [1.54, 1.807) is 6.08 Å². The fourth-order valence-electron chi connectivity index (χ4n) is 2.37. The van der Waals surface area contributed by atoms with Gasteiger partial charge in [-0.1, -0.05) is 111 Å². The molecule has 0 unspecified atom stereocenters. The lowest BCUT2D eigenvalue weighted by atomic mass is 9.97. The minimum Gasteiger partial charge on any atom is -0.295 e. The molecule has 0 aliphatic carbocycles. The summed E-state index contributed by atoms with van der Waals surface area (Å²) in [5.41, 5.74) is 2.78. The van der Waals surface area contributed by atoms with Crippen molar-refractivity contribution < 1.29 is 4.79 Å². The lowest BCUT2D eigenvalue weighted by Crippen LogP contribution is -1.97. The molecule has 0 saturated carbocycles. The number of allylic oxidation sites excluding steroid dienone is 2. The number of rotatable bonds is 8. The van der Waals surface area contributed by atoms with Crippen LogP contribution in [0.5, 0.6) is 0 Å². The summed E-state index contributed by atoms with van der Waals surface area (Å²) in [7, 11) is 0. The molecule has 0 heterocycles. The average molecular weight is 377 g/mol. The third-order valence-electron chi connectivity index (χ3n) is 3.71. The van der Waals surface area contributed by atoms with Crippen LogP contribution in [0.4, 0.5) is 0 Å². The second-order valence-corrected chi connectivity index (χ2v) is 6.57. The van der Waals surface area contributed by atoms with E-state index in [-0.39, 0.29) is 5.78 Å². The highest BCUT2D eigenvalue weighted by molar-refractivity contribution is 5.89. The summed E-state index contributed by atoms with van der Waals surface area (Å²) in [6, 6.07) is 8.61. The molecular formula is C26H48O. The summed E-state index contributed by atoms with van der Waals surface area (Å²) >= 11 is 0. The molecule has 0 N–H and O–H groups in total. The van der Waals surface area contributed by atoms with Gasteiger partial charge < -0.3 is 0 Å². The van der Waals surface area contributed by atoms with Gasteiger partial charge in [-0.2, -0.15) is 0 Å². The highest BCUT2D eigenvalue weighted by Crippen LogP contribution is 2.14. The lowest BCUT2D eigenvalue weighted by molar-refractivity contribution is -0.114. The van der Waals surface area contributed by atoms with Crippen molar-refractivity contribution in [3.63, 3.8) is 0 Å². The molecule has 1 rings (SSSR count). The molecular weight excluding hydrogens is 328 g/mol. The van der Waals surface area contributed by atoms with E-state index in [4.69, 9.17) is 0 Å². The Kier molecular flexibility index (Phi) is 27.7. The molecule has 0 saturated heterocycles. The largest absolute Gasteiger partial charge is 0.295 e. The number of carbonyl (C=O) groups excluding carboxylic acids is 1. The fraction of sp³-hybridized carbons (Fsp3) is 0.654. The number of hydrogen-bond donors (Lipinski definition) is 0. The van der Waals surface area contributed by atoms with E-state index >= 15 is 0 Å². The predicted octanol–water partition coefficient (Wildman–Crippen LogP) is 8.74. The van der Waals surface area contributed by atoms with Crippen molar-refractivity contribution in [1.82, 2.24) is 0 Å². The molecule has 0 spiro atoms. The maximum absolute atomic E-state index is 11.0. The molecule has 1 aromatic carbocycles. The van der Waals surface area contributed by atoms with Gasteiger partial charge in [-0.3, -0.25) is 4.79 Å². The summed E-state index contributed by atoms with van der Waals surface area (Å²) in [6.07, 6.45) is 11.7. The first-order valence-corrected chi connectivity index (χ1v) is 11.2. The van der Waals surface area contributed by atoms with Crippen molar-refractivity contribution in [1.29, 1.82) is 0 Å². The monoisotopic (exact) mass is 376 g/mol. The SMILES string of the molecule is CC.CCC.CCCC(/C=C\C(=O)CC)CCC.CCc1cccc(C)c1. The second kappa shape index (κ2) is 24.6. The maximum atomic E-state index is 11.0. The van der Waals surface area contributed by atoms with Crippen molar-refractivity contribution >= 4 is 5.78 Å². The van der Waals surface area contributed by atoms with Crippen molar-refractivity contribution in [2.75, 3.05) is 0 Å². The highest BCUT2D eigenvalue weighted by Gasteiger charge is 2.02. The average Bonchev–Trinajstić information content (AvgIpc) is 2.69. The van der Waals surface area contributed by atoms with Crippen molar-refractivity contribution in [2.45, 2.75) is 107 Å². The summed E-state index contributed by atoms with van der Waals surface area (Å²) in [6.45, 7) is 18.8. The van der Waals surface area contributed by atoms with Crippen LogP contribution in [-0.4, -0.2) is 5.78 Å². The Morgan fingerprint density at radius 1 is 0.963 bits per heavy atom. The Morgan fingerprint density at radius 2 is 1.48 bits per heavy atom. The predicted molar refractivity (Wildman–Crippen MR) is 126 cm³/mol. The molecule has 0 atom stereocenters. The van der Waals surface area contributed by atoms with Crippen molar-refractivity contribution in [3.05, 3.63) is 47.5 Å². The number of aryl methyl sites for hydroxylation is 2. The molecule has 0 bridgehead atoms. The first kappa shape index (κ1) is 30.4. The molecule has 1 heteroatoms. The van der Waals surface area contributed by atoms with Crippen LogP contribution in [0, 0.1) is 12.8 Å². The third kappa shape index (κ3) is 22.6. The smallest absolute Gasteiger partial charge is 0.155 e. The quantitative estimate of drug-likeness (QED) is 0.414. The Balaban J connectivity index is -0.000000355. The number of carbonyl (C=O) groups is 1. The zero-order valence-electron chi connectivity index (χ0n) is 19.9. The molecule has 27 heavy (non-hydrogen) atoms. The fourth-order valence-corrected chi connectivity index (χ4v) is 2.37. The van der Waals surface area contributed by atoms with Crippen LogP contribution in [0.3, 0.4) is 0 Å². The molecule has 158 valence electrons. The van der Waals surface area contributed by atoms with Gasteiger partial charge in [-0.15, -0.1) is 0 Å². The third-order valence-corrected chi connectivity index (χ3v) is 3.71. The Labute approximate surface area is 171 Å². The van der Waals surface area contributed by atoms with Gasteiger partial charge in [0.2, 0.25) is 0 Å². The van der Waals surface area contributed by atoms with Gasteiger partial charge in [0.25, 0.3) is 0 Å². The van der Waals surface area contributed by atoms with E-state index in [2.05, 4.69) is 71.9 Å². The van der Waals surface area contributed by atoms with Crippen LogP contribution in [0.25, 0.3) is 0 Å². The van der Waals surface area contributed by atoms with Crippen molar-refractivity contribution in [3.8, 4) is 0 Å². The molecule has 0 aliphatic rings. The normalized spacial score (nSPS) is 9.56. The Morgan fingerprint density at radius 3 is 1.81 bits per heavy atom. The Bertz CT molecular complexity index is 439. The van der Waals surface area contributed by atoms with E-state index in [0.29, 0.717) is 12.3 Å². The first-order chi connectivity index (χ1) is 13.0. The summed E-state index contributed by atoms with van der Waals surface area (Å²) in [4.78, 5) is 11.0. The standard InChI is InChI=1S/C12H22O.C9H12.C3H8.C2H6/c1-4-7-11(8-5-2)9-10-12(13)6-3;1-3-9-6-4-5-8(2)7-9;1-3-2;1-2/h9-11H,4-8H2,1-3H3;4-7H,3H2,1-2H3;3H2,1-2H3;1-2H3/b10-9-;;;. The maximum Gasteiger partial charge on any atom is 0.155 e. The molecule has 0 aliphatic heterocycles. The van der Waals surface area contributed by atoms with Crippen LogP contribution < -0.4 is 0 Å². The summed E-state index contributed by atoms with van der Waals surface area (Å²) < 4.78 is 0. The van der Waals surface area contributed by atoms with Gasteiger partial charge in [0.15, 0.2) is 5.78 Å². The van der Waals surface area contributed by atoms with Crippen LogP contribution in [-0.2, 0) is 11.2 Å². The number of ketones is 1. The van der Waals surface area contributed by atoms with Crippen LogP contribution >= 0.6 is 0 Å². The van der Waals surface area contributed by atoms with E-state index in [1.807, 2.05) is 20.8 Å². The minimum atomic E-state index is 0.247. The molecule has 0 fully saturated rings. The molecule has 0 amide bonds. The Hall–Kier alpha value is -1.37. The van der Waals surface area contributed by atoms with Gasteiger partial charge in [-0.05, 0) is 43.7 Å². The van der Waals surface area contributed by atoms with Gasteiger partial charge in [-0.25, -0.2) is 0 Å². The summed E-state index contributed by atoms with van der Waals surface area (Å²) in [5.74, 6) is 0.864. The molecule has 0 radical (unpaired) electrons. The van der Waals surface area contributed by atoms with Crippen molar-refractivity contribution in [2.24, 2.45) is 5.92 Å². The van der Waals surface area contributed by atoms with E-state index in [9.17, 15) is 4.79 Å². The number of hydrogen-bond acceptors (Lipinski definition) is 1. The van der Waals surface area contributed by atoms with E-state index in [1.165, 1.54) is 43.2 Å².